The fourth-order valence-electron chi connectivity index (χ4n) is 2.44. The standard InChI is InChI=1S/C15H21F2N3O/c1-11-2-4-12(5-3-11)18-15(21)19-13-6-8-20(9-7-13)10-14(16)17/h2-5,13-14H,6-10H2,1H3,(H2,18,19,21). The summed E-state index contributed by atoms with van der Waals surface area (Å²) in [4.78, 5) is 13.6. The molecule has 0 aliphatic carbocycles. The lowest BCUT2D eigenvalue weighted by atomic mass is 10.1. The molecule has 0 spiro atoms. The average Bonchev–Trinajstić information content (AvgIpc) is 2.43. The molecule has 2 rings (SSSR count). The molecule has 0 atom stereocenters. The molecule has 0 unspecified atom stereocenters. The third kappa shape index (κ3) is 5.30. The van der Waals surface area contributed by atoms with Crippen molar-refractivity contribution < 1.29 is 13.6 Å². The molecule has 1 saturated heterocycles. The number of carbonyl (C=O) groups is 1. The predicted octanol–water partition coefficient (Wildman–Crippen LogP) is 2.85. The molecule has 1 aliphatic rings. The molecule has 2 amide bonds. The second kappa shape index (κ2) is 7.36. The van der Waals surface area contributed by atoms with Crippen LogP contribution in [-0.2, 0) is 0 Å². The van der Waals surface area contributed by atoms with Crippen LogP contribution in [0.1, 0.15) is 18.4 Å². The van der Waals surface area contributed by atoms with Crippen molar-refractivity contribution in [3.05, 3.63) is 29.8 Å². The van der Waals surface area contributed by atoms with Gasteiger partial charge < -0.3 is 10.6 Å². The molecule has 2 N–H and O–H groups in total. The number of nitrogens with one attached hydrogen (secondary N) is 2. The highest BCUT2D eigenvalue weighted by Crippen LogP contribution is 2.13. The lowest BCUT2D eigenvalue weighted by Crippen LogP contribution is -2.46. The van der Waals surface area contributed by atoms with E-state index in [2.05, 4.69) is 10.6 Å². The zero-order chi connectivity index (χ0) is 15.2. The maximum absolute atomic E-state index is 12.3. The molecule has 0 bridgehead atoms. The van der Waals surface area contributed by atoms with Gasteiger partial charge in [-0.25, -0.2) is 13.6 Å². The van der Waals surface area contributed by atoms with Crippen LogP contribution in [0.4, 0.5) is 19.3 Å². The fourth-order valence-corrected chi connectivity index (χ4v) is 2.44. The number of halogens is 2. The summed E-state index contributed by atoms with van der Waals surface area (Å²) in [7, 11) is 0. The summed E-state index contributed by atoms with van der Waals surface area (Å²) in [5, 5.41) is 5.67. The number of piperidine rings is 1. The predicted molar refractivity (Wildman–Crippen MR) is 78.8 cm³/mol. The van der Waals surface area contributed by atoms with E-state index in [1.807, 2.05) is 31.2 Å². The summed E-state index contributed by atoms with van der Waals surface area (Å²) >= 11 is 0. The number of urea groups is 1. The number of amides is 2. The van der Waals surface area contributed by atoms with E-state index >= 15 is 0 Å². The maximum atomic E-state index is 12.3. The minimum Gasteiger partial charge on any atom is -0.335 e. The molecule has 1 aliphatic heterocycles. The first-order valence-corrected chi connectivity index (χ1v) is 7.17. The van der Waals surface area contributed by atoms with Crippen LogP contribution >= 0.6 is 0 Å². The van der Waals surface area contributed by atoms with Crippen molar-refractivity contribution in [2.45, 2.75) is 32.2 Å². The number of alkyl halides is 2. The van der Waals surface area contributed by atoms with E-state index < -0.39 is 6.43 Å². The molecule has 6 heteroatoms. The Morgan fingerprint density at radius 1 is 1.29 bits per heavy atom. The molecule has 0 saturated carbocycles. The molecule has 1 aromatic carbocycles. The Balaban J connectivity index is 1.73. The Hall–Kier alpha value is -1.69. The third-order valence-corrected chi connectivity index (χ3v) is 3.63. The maximum Gasteiger partial charge on any atom is 0.319 e. The molecule has 21 heavy (non-hydrogen) atoms. The molecular weight excluding hydrogens is 276 g/mol. The van der Waals surface area contributed by atoms with Crippen LogP contribution in [0, 0.1) is 6.92 Å². The van der Waals surface area contributed by atoms with Gasteiger partial charge in [-0.2, -0.15) is 0 Å². The molecule has 1 fully saturated rings. The molecule has 0 aromatic heterocycles. The van der Waals surface area contributed by atoms with Gasteiger partial charge in [0.15, 0.2) is 0 Å². The first-order chi connectivity index (χ1) is 10.0. The number of likely N-dealkylation sites (tertiary alicyclic amines) is 1. The van der Waals surface area contributed by atoms with Gasteiger partial charge in [-0.15, -0.1) is 0 Å². The number of nitrogens with zero attached hydrogens (tertiary/aromatic N) is 1. The fraction of sp³-hybridized carbons (Fsp3) is 0.533. The van der Waals surface area contributed by atoms with E-state index in [1.54, 1.807) is 4.90 Å². The van der Waals surface area contributed by atoms with Crippen LogP contribution in [0.3, 0.4) is 0 Å². The van der Waals surface area contributed by atoms with Crippen molar-refractivity contribution >= 4 is 11.7 Å². The Labute approximate surface area is 123 Å². The lowest BCUT2D eigenvalue weighted by molar-refractivity contribution is 0.0739. The van der Waals surface area contributed by atoms with Crippen LogP contribution < -0.4 is 10.6 Å². The van der Waals surface area contributed by atoms with Crippen molar-refractivity contribution in [3.8, 4) is 0 Å². The zero-order valence-corrected chi connectivity index (χ0v) is 12.1. The van der Waals surface area contributed by atoms with E-state index in [0.29, 0.717) is 25.9 Å². The van der Waals surface area contributed by atoms with Crippen molar-refractivity contribution in [2.24, 2.45) is 0 Å². The van der Waals surface area contributed by atoms with Gasteiger partial charge in [0.25, 0.3) is 6.43 Å². The molecule has 1 aromatic rings. The lowest BCUT2D eigenvalue weighted by Gasteiger charge is -2.31. The number of hydrogen-bond donors (Lipinski definition) is 2. The summed E-state index contributed by atoms with van der Waals surface area (Å²) in [5.74, 6) is 0. The normalized spacial score (nSPS) is 17.0. The van der Waals surface area contributed by atoms with E-state index in [1.165, 1.54) is 0 Å². The van der Waals surface area contributed by atoms with Crippen LogP contribution in [0.5, 0.6) is 0 Å². The summed E-state index contributed by atoms with van der Waals surface area (Å²) in [5.41, 5.74) is 1.88. The average molecular weight is 297 g/mol. The third-order valence-electron chi connectivity index (χ3n) is 3.63. The minimum atomic E-state index is -2.29. The Bertz CT molecular complexity index is 456. The van der Waals surface area contributed by atoms with Crippen molar-refractivity contribution in [1.29, 1.82) is 0 Å². The van der Waals surface area contributed by atoms with E-state index in [4.69, 9.17) is 0 Å². The number of anilines is 1. The summed E-state index contributed by atoms with van der Waals surface area (Å²) in [6.45, 7) is 3.00. The highest BCUT2D eigenvalue weighted by Gasteiger charge is 2.22. The number of rotatable bonds is 4. The summed E-state index contributed by atoms with van der Waals surface area (Å²) in [6.07, 6.45) is -0.887. The van der Waals surface area contributed by atoms with E-state index in [0.717, 1.165) is 11.3 Å². The van der Waals surface area contributed by atoms with Crippen LogP contribution in [-0.4, -0.2) is 43.0 Å². The van der Waals surface area contributed by atoms with E-state index in [9.17, 15) is 13.6 Å². The van der Waals surface area contributed by atoms with Gasteiger partial charge in [0.05, 0.1) is 6.54 Å². The molecule has 4 nitrogen and oxygen atoms in total. The van der Waals surface area contributed by atoms with Crippen LogP contribution in [0.15, 0.2) is 24.3 Å². The van der Waals surface area contributed by atoms with Crippen molar-refractivity contribution in [1.82, 2.24) is 10.2 Å². The summed E-state index contributed by atoms with van der Waals surface area (Å²) in [6, 6.07) is 7.35. The van der Waals surface area contributed by atoms with Crippen molar-refractivity contribution in [2.75, 3.05) is 25.0 Å². The van der Waals surface area contributed by atoms with Gasteiger partial charge in [0.1, 0.15) is 0 Å². The Morgan fingerprint density at radius 2 is 1.90 bits per heavy atom. The monoisotopic (exact) mass is 297 g/mol. The SMILES string of the molecule is Cc1ccc(NC(=O)NC2CCN(CC(F)F)CC2)cc1. The van der Waals surface area contributed by atoms with Gasteiger partial charge in [0.2, 0.25) is 0 Å². The summed E-state index contributed by atoms with van der Waals surface area (Å²) < 4.78 is 24.6. The molecule has 0 radical (unpaired) electrons. The smallest absolute Gasteiger partial charge is 0.319 e. The minimum absolute atomic E-state index is 0.0457. The van der Waals surface area contributed by atoms with Crippen LogP contribution in [0.25, 0.3) is 0 Å². The quantitative estimate of drug-likeness (QED) is 0.897. The van der Waals surface area contributed by atoms with Crippen LogP contribution in [0.2, 0.25) is 0 Å². The number of benzene rings is 1. The Morgan fingerprint density at radius 3 is 2.48 bits per heavy atom. The largest absolute Gasteiger partial charge is 0.335 e. The highest BCUT2D eigenvalue weighted by molar-refractivity contribution is 5.89. The van der Waals surface area contributed by atoms with Gasteiger partial charge in [-0.3, -0.25) is 4.90 Å². The van der Waals surface area contributed by atoms with Gasteiger partial charge in [0, 0.05) is 24.8 Å². The Kier molecular flexibility index (Phi) is 5.50. The first-order valence-electron chi connectivity index (χ1n) is 7.17. The van der Waals surface area contributed by atoms with Gasteiger partial charge in [-0.1, -0.05) is 17.7 Å². The van der Waals surface area contributed by atoms with E-state index in [-0.39, 0.29) is 18.6 Å². The first kappa shape index (κ1) is 15.7. The van der Waals surface area contributed by atoms with Gasteiger partial charge in [-0.05, 0) is 31.9 Å². The second-order valence-corrected chi connectivity index (χ2v) is 5.43. The second-order valence-electron chi connectivity index (χ2n) is 5.43. The highest BCUT2D eigenvalue weighted by atomic mass is 19.3. The molecule has 116 valence electrons. The number of hydrogen-bond acceptors (Lipinski definition) is 2. The molecular formula is C15H21F2N3O. The van der Waals surface area contributed by atoms with Gasteiger partial charge >= 0.3 is 6.03 Å². The number of carbonyl (C=O) groups excluding carboxylic acids is 1. The topological polar surface area (TPSA) is 44.4 Å². The van der Waals surface area contributed by atoms with Crippen molar-refractivity contribution in [3.63, 3.8) is 0 Å². The zero-order valence-electron chi connectivity index (χ0n) is 12.1. The number of aryl methyl sites for hydroxylation is 1. The molecule has 1 heterocycles.